The van der Waals surface area contributed by atoms with Crippen molar-refractivity contribution in [2.24, 2.45) is 0 Å². The molecule has 122 valence electrons. The summed E-state index contributed by atoms with van der Waals surface area (Å²) < 4.78 is 0. The Morgan fingerprint density at radius 2 is 2.23 bits per heavy atom. The molecule has 2 amide bonds. The van der Waals surface area contributed by atoms with E-state index in [0.29, 0.717) is 19.1 Å². The van der Waals surface area contributed by atoms with Gasteiger partial charge in [0.05, 0.1) is 12.6 Å². The molecule has 1 saturated carbocycles. The molecule has 1 atom stereocenters. The van der Waals surface area contributed by atoms with Gasteiger partial charge >= 0.3 is 6.03 Å². The van der Waals surface area contributed by atoms with Gasteiger partial charge in [0.1, 0.15) is 0 Å². The van der Waals surface area contributed by atoms with Gasteiger partial charge in [0.2, 0.25) is 0 Å². The van der Waals surface area contributed by atoms with Gasteiger partial charge in [-0.2, -0.15) is 0 Å². The first-order valence-electron chi connectivity index (χ1n) is 8.22. The van der Waals surface area contributed by atoms with Crippen molar-refractivity contribution in [3.8, 4) is 0 Å². The molecule has 1 unspecified atom stereocenters. The average Bonchev–Trinajstić information content (AvgIpc) is 3.01. The number of hydrogen-bond acceptors (Lipinski definition) is 4. The summed E-state index contributed by atoms with van der Waals surface area (Å²) in [7, 11) is 0. The fourth-order valence-corrected chi connectivity index (χ4v) is 4.03. The highest BCUT2D eigenvalue weighted by atomic mass is 32.1. The molecule has 1 aromatic rings. The van der Waals surface area contributed by atoms with Crippen LogP contribution in [-0.4, -0.2) is 59.8 Å². The van der Waals surface area contributed by atoms with Crippen molar-refractivity contribution in [1.29, 1.82) is 0 Å². The predicted molar refractivity (Wildman–Crippen MR) is 88.1 cm³/mol. The molecule has 0 spiro atoms. The summed E-state index contributed by atoms with van der Waals surface area (Å²) in [5.41, 5.74) is 0. The third-order valence-corrected chi connectivity index (χ3v) is 5.46. The number of hydrogen-bond donors (Lipinski definition) is 2. The maximum atomic E-state index is 12.4. The van der Waals surface area contributed by atoms with Gasteiger partial charge in [0.15, 0.2) is 0 Å². The first-order chi connectivity index (χ1) is 10.8. The minimum atomic E-state index is -0.0303. The highest BCUT2D eigenvalue weighted by Gasteiger charge is 2.33. The van der Waals surface area contributed by atoms with Crippen LogP contribution in [0.3, 0.4) is 0 Å². The lowest BCUT2D eigenvalue weighted by molar-refractivity contribution is 0.168. The number of nitrogens with one attached hydrogen (secondary N) is 1. The topological polar surface area (TPSA) is 55.8 Å². The van der Waals surface area contributed by atoms with Crippen molar-refractivity contribution in [3.05, 3.63) is 22.4 Å². The van der Waals surface area contributed by atoms with Crippen molar-refractivity contribution in [2.75, 3.05) is 32.8 Å². The number of aliphatic hydroxyl groups excluding tert-OH is 1. The van der Waals surface area contributed by atoms with Crippen LogP contribution in [0.5, 0.6) is 0 Å². The number of aliphatic hydroxyl groups is 1. The number of likely N-dealkylation sites (tertiary alicyclic amines) is 1. The monoisotopic (exact) mass is 323 g/mol. The van der Waals surface area contributed by atoms with Gasteiger partial charge in [0.25, 0.3) is 0 Å². The lowest BCUT2D eigenvalue weighted by Crippen LogP contribution is -2.45. The number of carbonyl (C=O) groups excluding carboxylic acids is 1. The van der Waals surface area contributed by atoms with Crippen LogP contribution in [0.4, 0.5) is 4.79 Å². The lowest BCUT2D eigenvalue weighted by atomic mass is 10.2. The van der Waals surface area contributed by atoms with Crippen molar-refractivity contribution in [1.82, 2.24) is 15.1 Å². The van der Waals surface area contributed by atoms with E-state index < -0.39 is 0 Å². The molecule has 1 aromatic heterocycles. The molecule has 0 radical (unpaired) electrons. The Kier molecular flexibility index (Phi) is 5.33. The van der Waals surface area contributed by atoms with E-state index in [-0.39, 0.29) is 18.7 Å². The van der Waals surface area contributed by atoms with E-state index in [0.717, 1.165) is 25.9 Å². The average molecular weight is 323 g/mol. The normalized spacial score (nSPS) is 20.0. The molecule has 2 N–H and O–H groups in total. The van der Waals surface area contributed by atoms with Gasteiger partial charge in [-0.15, -0.1) is 11.3 Å². The Labute approximate surface area is 135 Å². The first-order valence-corrected chi connectivity index (χ1v) is 9.10. The second-order valence-corrected chi connectivity index (χ2v) is 7.09. The first kappa shape index (κ1) is 15.8. The van der Waals surface area contributed by atoms with Gasteiger partial charge < -0.3 is 15.3 Å². The minimum Gasteiger partial charge on any atom is -0.395 e. The second-order valence-electron chi connectivity index (χ2n) is 6.11. The van der Waals surface area contributed by atoms with E-state index in [1.165, 1.54) is 17.7 Å². The van der Waals surface area contributed by atoms with Gasteiger partial charge in [-0.25, -0.2) is 4.79 Å². The van der Waals surface area contributed by atoms with E-state index in [4.69, 9.17) is 5.11 Å². The summed E-state index contributed by atoms with van der Waals surface area (Å²) in [5.74, 6) is 0. The molecule has 5 nitrogen and oxygen atoms in total. The molecule has 1 saturated heterocycles. The summed E-state index contributed by atoms with van der Waals surface area (Å²) in [6.45, 7) is 3.34. The van der Waals surface area contributed by atoms with Crippen molar-refractivity contribution in [3.63, 3.8) is 0 Å². The van der Waals surface area contributed by atoms with Crippen molar-refractivity contribution < 1.29 is 9.90 Å². The SMILES string of the molecule is O=C(NCC(c1cccs1)N1CCCC1)N(CCO)C1CC1. The summed E-state index contributed by atoms with van der Waals surface area (Å²) in [5, 5.41) is 14.3. The molecule has 0 aromatic carbocycles. The van der Waals surface area contributed by atoms with Crippen LogP contribution in [0, 0.1) is 0 Å². The fourth-order valence-electron chi connectivity index (χ4n) is 3.17. The van der Waals surface area contributed by atoms with E-state index in [2.05, 4.69) is 27.7 Å². The van der Waals surface area contributed by atoms with E-state index in [9.17, 15) is 4.79 Å². The third kappa shape index (κ3) is 3.80. The molecule has 0 bridgehead atoms. The maximum absolute atomic E-state index is 12.4. The zero-order valence-electron chi connectivity index (χ0n) is 12.9. The molecule has 6 heteroatoms. The van der Waals surface area contributed by atoms with Crippen LogP contribution < -0.4 is 5.32 Å². The summed E-state index contributed by atoms with van der Waals surface area (Å²) in [4.78, 5) is 18.0. The van der Waals surface area contributed by atoms with E-state index >= 15 is 0 Å². The van der Waals surface area contributed by atoms with Crippen LogP contribution in [0.1, 0.15) is 36.6 Å². The van der Waals surface area contributed by atoms with E-state index in [1.807, 2.05) is 0 Å². The van der Waals surface area contributed by atoms with Crippen LogP contribution in [0.15, 0.2) is 17.5 Å². The van der Waals surface area contributed by atoms with Gasteiger partial charge in [-0.3, -0.25) is 4.90 Å². The molecule has 2 heterocycles. The molecule has 2 aliphatic rings. The Bertz CT molecular complexity index is 470. The van der Waals surface area contributed by atoms with Gasteiger partial charge in [-0.05, 0) is 50.2 Å². The van der Waals surface area contributed by atoms with E-state index in [1.54, 1.807) is 16.2 Å². The number of amides is 2. The van der Waals surface area contributed by atoms with Gasteiger partial charge in [-0.1, -0.05) is 6.07 Å². The predicted octanol–water partition coefficient (Wildman–Crippen LogP) is 2.05. The highest BCUT2D eigenvalue weighted by Crippen LogP contribution is 2.29. The Morgan fingerprint density at radius 1 is 1.45 bits per heavy atom. The third-order valence-electron chi connectivity index (χ3n) is 4.49. The fraction of sp³-hybridized carbons (Fsp3) is 0.688. The number of urea groups is 1. The standard InChI is InChI=1S/C16H25N3O2S/c20-10-9-19(13-5-6-13)16(21)17-12-14(15-4-3-11-22-15)18-7-1-2-8-18/h3-4,11,13-14,20H,1-2,5-10,12H2,(H,17,21). The number of rotatable bonds is 7. The van der Waals surface area contributed by atoms with Crippen molar-refractivity contribution >= 4 is 17.4 Å². The number of carbonyl (C=O) groups is 1. The molecule has 2 fully saturated rings. The second kappa shape index (κ2) is 7.44. The Balaban J connectivity index is 1.59. The summed E-state index contributed by atoms with van der Waals surface area (Å²) in [6.07, 6.45) is 4.62. The van der Waals surface area contributed by atoms with Crippen LogP contribution in [-0.2, 0) is 0 Å². The molecule has 1 aliphatic carbocycles. The Hall–Kier alpha value is -1.11. The highest BCUT2D eigenvalue weighted by molar-refractivity contribution is 7.10. The van der Waals surface area contributed by atoms with Crippen LogP contribution in [0.2, 0.25) is 0 Å². The van der Waals surface area contributed by atoms with Crippen LogP contribution >= 0.6 is 11.3 Å². The van der Waals surface area contributed by atoms with Crippen molar-refractivity contribution in [2.45, 2.75) is 37.8 Å². The number of nitrogens with zero attached hydrogens (tertiary/aromatic N) is 2. The molecule has 22 heavy (non-hydrogen) atoms. The largest absolute Gasteiger partial charge is 0.395 e. The van der Waals surface area contributed by atoms with Crippen LogP contribution in [0.25, 0.3) is 0 Å². The smallest absolute Gasteiger partial charge is 0.317 e. The minimum absolute atomic E-state index is 0.0303. The Morgan fingerprint density at radius 3 is 2.82 bits per heavy atom. The summed E-state index contributed by atoms with van der Waals surface area (Å²) >= 11 is 1.76. The zero-order valence-corrected chi connectivity index (χ0v) is 13.7. The molecular formula is C16H25N3O2S. The summed E-state index contributed by atoms with van der Waals surface area (Å²) in [6, 6.07) is 4.82. The lowest BCUT2D eigenvalue weighted by Gasteiger charge is -2.29. The molecule has 1 aliphatic heterocycles. The molecular weight excluding hydrogens is 298 g/mol. The van der Waals surface area contributed by atoms with Gasteiger partial charge in [0, 0.05) is 24.0 Å². The molecule has 3 rings (SSSR count). The zero-order chi connectivity index (χ0) is 15.4. The quantitative estimate of drug-likeness (QED) is 0.807. The maximum Gasteiger partial charge on any atom is 0.317 e. The number of thiophene rings is 1.